The maximum absolute atomic E-state index is 11.5. The summed E-state index contributed by atoms with van der Waals surface area (Å²) in [5, 5.41) is 3.32. The molecule has 2 rings (SSSR count). The van der Waals surface area contributed by atoms with Gasteiger partial charge in [0.25, 0.3) is 0 Å². The van der Waals surface area contributed by atoms with E-state index in [1.54, 1.807) is 24.4 Å². The number of hydrogen-bond donors (Lipinski definition) is 0. The molecule has 1 heterocycles. The van der Waals surface area contributed by atoms with Crippen LogP contribution in [0.4, 0.5) is 0 Å². The number of carbonyl (C=O) groups excluding carboxylic acids is 1. The Kier molecular flexibility index (Phi) is 4.22. The lowest BCUT2D eigenvalue weighted by Crippen LogP contribution is -2.04. The molecule has 0 bridgehead atoms. The first-order valence-electron chi connectivity index (χ1n) is 5.20. The number of esters is 1. The third-order valence-corrected chi connectivity index (χ3v) is 3.79. The fraction of sp³-hybridized carbons (Fsp3) is 0.167. The van der Waals surface area contributed by atoms with Gasteiger partial charge < -0.3 is 4.74 Å². The SMILES string of the molecule is CCOC(=O)c1csc(-c2ccc(Cl)c(Cl)c2)n1. The van der Waals surface area contributed by atoms with Gasteiger partial charge in [-0.05, 0) is 19.1 Å². The van der Waals surface area contributed by atoms with Crippen LogP contribution >= 0.6 is 34.5 Å². The van der Waals surface area contributed by atoms with Crippen LogP contribution in [0, 0.1) is 0 Å². The van der Waals surface area contributed by atoms with Gasteiger partial charge in [0.1, 0.15) is 5.01 Å². The highest BCUT2D eigenvalue weighted by atomic mass is 35.5. The first-order valence-corrected chi connectivity index (χ1v) is 6.83. The van der Waals surface area contributed by atoms with Crippen molar-refractivity contribution in [3.8, 4) is 10.6 Å². The van der Waals surface area contributed by atoms with Crippen LogP contribution in [0.5, 0.6) is 0 Å². The smallest absolute Gasteiger partial charge is 0.357 e. The zero-order valence-electron chi connectivity index (χ0n) is 9.44. The third kappa shape index (κ3) is 2.83. The molecule has 0 spiro atoms. The lowest BCUT2D eigenvalue weighted by molar-refractivity contribution is 0.0520. The first kappa shape index (κ1) is 13.3. The molecule has 0 atom stereocenters. The highest BCUT2D eigenvalue weighted by molar-refractivity contribution is 7.13. The normalized spacial score (nSPS) is 10.4. The molecule has 1 aromatic heterocycles. The quantitative estimate of drug-likeness (QED) is 0.794. The molecule has 3 nitrogen and oxygen atoms in total. The molecule has 0 aliphatic heterocycles. The van der Waals surface area contributed by atoms with Crippen molar-refractivity contribution < 1.29 is 9.53 Å². The minimum Gasteiger partial charge on any atom is -0.461 e. The van der Waals surface area contributed by atoms with Crippen molar-refractivity contribution in [2.45, 2.75) is 6.92 Å². The number of ether oxygens (including phenoxy) is 1. The van der Waals surface area contributed by atoms with E-state index in [1.165, 1.54) is 11.3 Å². The van der Waals surface area contributed by atoms with E-state index in [9.17, 15) is 4.79 Å². The fourth-order valence-electron chi connectivity index (χ4n) is 1.33. The van der Waals surface area contributed by atoms with E-state index in [2.05, 4.69) is 4.98 Å². The highest BCUT2D eigenvalue weighted by Crippen LogP contribution is 2.30. The molecule has 2 aromatic rings. The van der Waals surface area contributed by atoms with E-state index >= 15 is 0 Å². The van der Waals surface area contributed by atoms with Crippen LogP contribution in [0.3, 0.4) is 0 Å². The van der Waals surface area contributed by atoms with E-state index < -0.39 is 5.97 Å². The van der Waals surface area contributed by atoms with Crippen LogP contribution in [-0.4, -0.2) is 17.6 Å². The van der Waals surface area contributed by atoms with Gasteiger partial charge in [-0.25, -0.2) is 9.78 Å². The Morgan fingerprint density at radius 2 is 2.17 bits per heavy atom. The monoisotopic (exact) mass is 301 g/mol. The number of halogens is 2. The Morgan fingerprint density at radius 1 is 1.39 bits per heavy atom. The fourth-order valence-corrected chi connectivity index (χ4v) is 2.42. The molecule has 0 aliphatic rings. The van der Waals surface area contributed by atoms with E-state index in [0.29, 0.717) is 27.4 Å². The number of aromatic nitrogens is 1. The molecule has 0 radical (unpaired) electrons. The van der Waals surface area contributed by atoms with Gasteiger partial charge in [-0.2, -0.15) is 0 Å². The molecule has 0 fully saturated rings. The maximum atomic E-state index is 11.5. The largest absolute Gasteiger partial charge is 0.461 e. The second kappa shape index (κ2) is 5.69. The zero-order valence-corrected chi connectivity index (χ0v) is 11.8. The molecule has 0 unspecified atom stereocenters. The lowest BCUT2D eigenvalue weighted by Gasteiger charge is -1.99. The van der Waals surface area contributed by atoms with Gasteiger partial charge in [0.15, 0.2) is 5.69 Å². The van der Waals surface area contributed by atoms with Crippen LogP contribution < -0.4 is 0 Å². The summed E-state index contributed by atoms with van der Waals surface area (Å²) < 4.78 is 4.88. The van der Waals surface area contributed by atoms with Gasteiger partial charge in [-0.3, -0.25) is 0 Å². The number of benzene rings is 1. The third-order valence-electron chi connectivity index (χ3n) is 2.16. The Labute approximate surface area is 118 Å². The average molecular weight is 302 g/mol. The average Bonchev–Trinajstić information content (AvgIpc) is 2.82. The van der Waals surface area contributed by atoms with Crippen LogP contribution in [0.15, 0.2) is 23.6 Å². The summed E-state index contributed by atoms with van der Waals surface area (Å²) in [4.78, 5) is 15.7. The topological polar surface area (TPSA) is 39.2 Å². The molecule has 6 heteroatoms. The van der Waals surface area contributed by atoms with Gasteiger partial charge in [-0.15, -0.1) is 11.3 Å². The minimum atomic E-state index is -0.417. The summed E-state index contributed by atoms with van der Waals surface area (Å²) in [6, 6.07) is 5.23. The second-order valence-corrected chi connectivity index (χ2v) is 5.06. The van der Waals surface area contributed by atoms with Crippen LogP contribution in [0.1, 0.15) is 17.4 Å². The molecule has 0 aliphatic carbocycles. The first-order chi connectivity index (χ1) is 8.61. The highest BCUT2D eigenvalue weighted by Gasteiger charge is 2.13. The number of carbonyl (C=O) groups is 1. The van der Waals surface area contributed by atoms with Crippen molar-refractivity contribution in [3.63, 3.8) is 0 Å². The van der Waals surface area contributed by atoms with Crippen LogP contribution in [0.25, 0.3) is 10.6 Å². The molecule has 0 N–H and O–H groups in total. The summed E-state index contributed by atoms with van der Waals surface area (Å²) in [6.07, 6.45) is 0. The van der Waals surface area contributed by atoms with Crippen molar-refractivity contribution in [3.05, 3.63) is 39.3 Å². The molecule has 18 heavy (non-hydrogen) atoms. The Bertz CT molecular complexity index is 583. The number of thiazole rings is 1. The van der Waals surface area contributed by atoms with Gasteiger partial charge in [0, 0.05) is 10.9 Å². The molecule has 0 saturated carbocycles. The van der Waals surface area contributed by atoms with Gasteiger partial charge >= 0.3 is 5.97 Å². The molecular weight excluding hydrogens is 293 g/mol. The van der Waals surface area contributed by atoms with Crippen LogP contribution in [-0.2, 0) is 4.74 Å². The molecule has 0 saturated heterocycles. The summed E-state index contributed by atoms with van der Waals surface area (Å²) in [5.74, 6) is -0.417. The summed E-state index contributed by atoms with van der Waals surface area (Å²) >= 11 is 13.1. The zero-order chi connectivity index (χ0) is 13.1. The summed E-state index contributed by atoms with van der Waals surface area (Å²) in [7, 11) is 0. The van der Waals surface area contributed by atoms with E-state index in [1.807, 2.05) is 6.07 Å². The lowest BCUT2D eigenvalue weighted by atomic mass is 10.2. The standard InChI is InChI=1S/C12H9Cl2NO2S/c1-2-17-12(16)10-6-18-11(15-10)7-3-4-8(13)9(14)5-7/h3-6H,2H2,1H3. The van der Waals surface area contributed by atoms with Gasteiger partial charge in [0.05, 0.1) is 16.7 Å². The van der Waals surface area contributed by atoms with Crippen molar-refractivity contribution in [1.29, 1.82) is 0 Å². The van der Waals surface area contributed by atoms with Crippen molar-refractivity contribution >= 4 is 40.5 Å². The number of hydrogen-bond acceptors (Lipinski definition) is 4. The van der Waals surface area contributed by atoms with Crippen molar-refractivity contribution in [2.24, 2.45) is 0 Å². The summed E-state index contributed by atoms with van der Waals surface area (Å²) in [6.45, 7) is 2.09. The predicted octanol–water partition coefficient (Wildman–Crippen LogP) is 4.29. The second-order valence-electron chi connectivity index (χ2n) is 3.39. The van der Waals surface area contributed by atoms with E-state index in [-0.39, 0.29) is 0 Å². The molecule has 94 valence electrons. The van der Waals surface area contributed by atoms with Crippen LogP contribution in [0.2, 0.25) is 10.0 Å². The Morgan fingerprint density at radius 3 is 2.83 bits per heavy atom. The Balaban J connectivity index is 2.29. The number of nitrogens with zero attached hydrogens (tertiary/aromatic N) is 1. The Hall–Kier alpha value is -1.10. The van der Waals surface area contributed by atoms with Crippen molar-refractivity contribution in [2.75, 3.05) is 6.61 Å². The minimum absolute atomic E-state index is 0.308. The predicted molar refractivity (Wildman–Crippen MR) is 73.5 cm³/mol. The molecule has 1 aromatic carbocycles. The maximum Gasteiger partial charge on any atom is 0.357 e. The van der Waals surface area contributed by atoms with Gasteiger partial charge in [-0.1, -0.05) is 29.3 Å². The molecular formula is C12H9Cl2NO2S. The van der Waals surface area contributed by atoms with Crippen molar-refractivity contribution in [1.82, 2.24) is 4.98 Å². The summed E-state index contributed by atoms with van der Waals surface area (Å²) in [5.41, 5.74) is 1.13. The molecule has 0 amide bonds. The number of rotatable bonds is 3. The van der Waals surface area contributed by atoms with E-state index in [4.69, 9.17) is 27.9 Å². The van der Waals surface area contributed by atoms with E-state index in [0.717, 1.165) is 5.56 Å². The van der Waals surface area contributed by atoms with Gasteiger partial charge in [0.2, 0.25) is 0 Å².